The highest BCUT2D eigenvalue weighted by Crippen LogP contribution is 2.41. The van der Waals surface area contributed by atoms with Gasteiger partial charge in [-0.2, -0.15) is 0 Å². The maximum Gasteiger partial charge on any atom is 0.0716 e. The summed E-state index contributed by atoms with van der Waals surface area (Å²) in [6.07, 6.45) is 2.99. The second kappa shape index (κ2) is 5.78. The van der Waals surface area contributed by atoms with Crippen molar-refractivity contribution in [2.75, 3.05) is 0 Å². The maximum atomic E-state index is 4.55. The van der Waals surface area contributed by atoms with Gasteiger partial charge in [0.2, 0.25) is 0 Å². The lowest BCUT2D eigenvalue weighted by atomic mass is 10.00. The number of benzene rings is 2. The van der Waals surface area contributed by atoms with Crippen molar-refractivity contribution < 1.29 is 0 Å². The quantitative estimate of drug-likeness (QED) is 0.431. The number of pyridine rings is 1. The van der Waals surface area contributed by atoms with Crippen LogP contribution in [0.2, 0.25) is 0 Å². The van der Waals surface area contributed by atoms with Crippen LogP contribution in [-0.4, -0.2) is 4.98 Å². The summed E-state index contributed by atoms with van der Waals surface area (Å²) in [7, 11) is 0. The van der Waals surface area contributed by atoms with Crippen molar-refractivity contribution in [3.8, 4) is 11.3 Å². The molecule has 0 saturated heterocycles. The SMILES string of the molecule is CC(C)Cc1cccc2c1sc1c(-c3ccccn3)cccc12. The molecule has 2 aromatic carbocycles. The Hall–Kier alpha value is -2.19. The Morgan fingerprint density at radius 3 is 2.39 bits per heavy atom. The third-order valence-electron chi connectivity index (χ3n) is 4.17. The molecule has 0 fully saturated rings. The lowest BCUT2D eigenvalue weighted by Gasteiger charge is -2.05. The van der Waals surface area contributed by atoms with Crippen LogP contribution in [0.4, 0.5) is 0 Å². The second-order valence-corrected chi connectivity index (χ2v) is 7.41. The Kier molecular flexibility index (Phi) is 3.62. The van der Waals surface area contributed by atoms with Crippen LogP contribution in [0.25, 0.3) is 31.4 Å². The van der Waals surface area contributed by atoms with Crippen LogP contribution in [0.3, 0.4) is 0 Å². The van der Waals surface area contributed by atoms with Crippen molar-refractivity contribution >= 4 is 31.5 Å². The lowest BCUT2D eigenvalue weighted by Crippen LogP contribution is -1.93. The Morgan fingerprint density at radius 1 is 0.870 bits per heavy atom. The van der Waals surface area contributed by atoms with Crippen molar-refractivity contribution in [1.82, 2.24) is 4.98 Å². The van der Waals surface area contributed by atoms with Crippen molar-refractivity contribution in [3.05, 3.63) is 66.4 Å². The number of nitrogens with zero attached hydrogens (tertiary/aromatic N) is 1. The van der Waals surface area contributed by atoms with Crippen molar-refractivity contribution in [2.24, 2.45) is 5.92 Å². The van der Waals surface area contributed by atoms with Gasteiger partial charge in [0.1, 0.15) is 0 Å². The van der Waals surface area contributed by atoms with E-state index < -0.39 is 0 Å². The topological polar surface area (TPSA) is 12.9 Å². The molecule has 2 heterocycles. The van der Waals surface area contributed by atoms with Crippen LogP contribution in [0.1, 0.15) is 19.4 Å². The maximum absolute atomic E-state index is 4.55. The molecule has 0 aliphatic carbocycles. The fourth-order valence-electron chi connectivity index (χ4n) is 3.20. The Bertz CT molecular complexity index is 967. The van der Waals surface area contributed by atoms with E-state index in [-0.39, 0.29) is 0 Å². The molecular formula is C21H19NS. The molecule has 2 heteroatoms. The smallest absolute Gasteiger partial charge is 0.0716 e. The van der Waals surface area contributed by atoms with Crippen molar-refractivity contribution in [3.63, 3.8) is 0 Å². The molecule has 0 saturated carbocycles. The monoisotopic (exact) mass is 317 g/mol. The molecule has 0 aliphatic heterocycles. The molecule has 0 aliphatic rings. The molecule has 23 heavy (non-hydrogen) atoms. The Balaban J connectivity index is 2.02. The van der Waals surface area contributed by atoms with Crippen molar-refractivity contribution in [2.45, 2.75) is 20.3 Å². The molecule has 2 aromatic heterocycles. The highest BCUT2D eigenvalue weighted by atomic mass is 32.1. The van der Waals surface area contributed by atoms with E-state index in [1.54, 1.807) is 0 Å². The predicted molar refractivity (Wildman–Crippen MR) is 101 cm³/mol. The minimum atomic E-state index is 0.668. The molecule has 4 aromatic rings. The highest BCUT2D eigenvalue weighted by Gasteiger charge is 2.13. The molecular weight excluding hydrogens is 298 g/mol. The van der Waals surface area contributed by atoms with Gasteiger partial charge in [-0.3, -0.25) is 4.98 Å². The van der Waals surface area contributed by atoms with Gasteiger partial charge in [-0.1, -0.05) is 56.3 Å². The van der Waals surface area contributed by atoms with Crippen LogP contribution in [0, 0.1) is 5.92 Å². The Morgan fingerprint density at radius 2 is 1.65 bits per heavy atom. The first-order valence-corrected chi connectivity index (χ1v) is 8.90. The van der Waals surface area contributed by atoms with E-state index in [0.717, 1.165) is 12.1 Å². The fourth-order valence-corrected chi connectivity index (χ4v) is 4.55. The van der Waals surface area contributed by atoms with Crippen LogP contribution < -0.4 is 0 Å². The van der Waals surface area contributed by atoms with Crippen molar-refractivity contribution in [1.29, 1.82) is 0 Å². The van der Waals surface area contributed by atoms with Gasteiger partial charge in [0.05, 0.1) is 5.69 Å². The standard InChI is InChI=1S/C21H19NS/c1-14(2)13-15-7-5-8-16-17-9-6-10-18(21(17)23-20(15)16)19-11-3-4-12-22-19/h3-12,14H,13H2,1-2H3. The summed E-state index contributed by atoms with van der Waals surface area (Å²) in [5.41, 5.74) is 3.75. The number of hydrogen-bond donors (Lipinski definition) is 0. The van der Waals surface area contributed by atoms with E-state index in [1.165, 1.54) is 31.3 Å². The molecule has 114 valence electrons. The largest absolute Gasteiger partial charge is 0.256 e. The average Bonchev–Trinajstić information content (AvgIpc) is 2.95. The molecule has 0 atom stereocenters. The molecule has 1 nitrogen and oxygen atoms in total. The first kappa shape index (κ1) is 14.4. The highest BCUT2D eigenvalue weighted by molar-refractivity contribution is 7.26. The van der Waals surface area contributed by atoms with Crippen LogP contribution in [0.5, 0.6) is 0 Å². The van der Waals surface area contributed by atoms with E-state index in [9.17, 15) is 0 Å². The van der Waals surface area contributed by atoms with Crippen LogP contribution >= 0.6 is 11.3 Å². The summed E-state index contributed by atoms with van der Waals surface area (Å²) < 4.78 is 2.77. The van der Waals surface area contributed by atoms with Gasteiger partial charge in [0.25, 0.3) is 0 Å². The summed E-state index contributed by atoms with van der Waals surface area (Å²) >= 11 is 1.91. The zero-order valence-corrected chi connectivity index (χ0v) is 14.2. The minimum absolute atomic E-state index is 0.668. The van der Waals surface area contributed by atoms with Crippen LogP contribution in [-0.2, 0) is 6.42 Å². The van der Waals surface area contributed by atoms with Crippen LogP contribution in [0.15, 0.2) is 60.8 Å². The molecule has 0 spiro atoms. The summed E-state index contributed by atoms with van der Waals surface area (Å²) in [5, 5.41) is 2.72. The number of aromatic nitrogens is 1. The van der Waals surface area contributed by atoms with E-state index >= 15 is 0 Å². The van der Waals surface area contributed by atoms with Gasteiger partial charge in [0, 0.05) is 31.9 Å². The molecule has 0 bridgehead atoms. The average molecular weight is 317 g/mol. The molecule has 0 radical (unpaired) electrons. The van der Waals surface area contributed by atoms with E-state index in [2.05, 4.69) is 67.4 Å². The van der Waals surface area contributed by atoms with Gasteiger partial charge >= 0.3 is 0 Å². The van der Waals surface area contributed by atoms with E-state index in [0.29, 0.717) is 5.92 Å². The number of rotatable bonds is 3. The normalized spacial score (nSPS) is 11.6. The van der Waals surface area contributed by atoms with Gasteiger partial charge in [0.15, 0.2) is 0 Å². The summed E-state index contributed by atoms with van der Waals surface area (Å²) in [5.74, 6) is 0.668. The molecule has 0 unspecified atom stereocenters. The first-order chi connectivity index (χ1) is 11.2. The zero-order chi connectivity index (χ0) is 15.8. The zero-order valence-electron chi connectivity index (χ0n) is 13.4. The van der Waals surface area contributed by atoms with E-state index in [4.69, 9.17) is 0 Å². The van der Waals surface area contributed by atoms with Gasteiger partial charge in [-0.25, -0.2) is 0 Å². The molecule has 0 amide bonds. The van der Waals surface area contributed by atoms with Gasteiger partial charge in [-0.15, -0.1) is 11.3 Å². The number of thiophene rings is 1. The third-order valence-corrected chi connectivity index (χ3v) is 5.51. The summed E-state index contributed by atoms with van der Waals surface area (Å²) in [6.45, 7) is 4.57. The summed E-state index contributed by atoms with van der Waals surface area (Å²) in [4.78, 5) is 4.55. The second-order valence-electron chi connectivity index (χ2n) is 6.39. The Labute approximate surface area is 140 Å². The van der Waals surface area contributed by atoms with Gasteiger partial charge in [-0.05, 0) is 30.0 Å². The van der Waals surface area contributed by atoms with Gasteiger partial charge < -0.3 is 0 Å². The first-order valence-electron chi connectivity index (χ1n) is 8.08. The lowest BCUT2D eigenvalue weighted by molar-refractivity contribution is 0.650. The van der Waals surface area contributed by atoms with E-state index in [1.807, 2.05) is 23.6 Å². The number of fused-ring (bicyclic) bond motifs is 3. The summed E-state index contributed by atoms with van der Waals surface area (Å²) in [6, 6.07) is 19.4. The number of hydrogen-bond acceptors (Lipinski definition) is 2. The predicted octanol–water partition coefficient (Wildman–Crippen LogP) is 6.32. The molecule has 0 N–H and O–H groups in total. The minimum Gasteiger partial charge on any atom is -0.256 e. The molecule has 4 rings (SSSR count). The fraction of sp³-hybridized carbons (Fsp3) is 0.190. The third kappa shape index (κ3) is 2.53.